The number of nitrogens with zero attached hydrogens (tertiary/aromatic N) is 2. The number of benzene rings is 4. The van der Waals surface area contributed by atoms with Crippen molar-refractivity contribution in [2.75, 3.05) is 0 Å². The van der Waals surface area contributed by atoms with E-state index in [2.05, 4.69) is 157 Å². The molecule has 8 bridgehead atoms. The Labute approximate surface area is 314 Å². The summed E-state index contributed by atoms with van der Waals surface area (Å²) in [5.74, 6) is 0. The first-order chi connectivity index (χ1) is 26.5. The molecule has 2 N–H and O–H groups in total. The molecule has 5 heterocycles. The number of aromatic amines is 2. The highest BCUT2D eigenvalue weighted by Crippen LogP contribution is 2.40. The Kier molecular flexibility index (Phi) is 6.90. The van der Waals surface area contributed by atoms with E-state index in [1.165, 1.54) is 44.5 Å². The highest BCUT2D eigenvalue weighted by molar-refractivity contribution is 6.00. The van der Waals surface area contributed by atoms with Gasteiger partial charge in [-0.3, -0.25) is 0 Å². The monoisotopic (exact) mass is 694 g/mol. The summed E-state index contributed by atoms with van der Waals surface area (Å²) < 4.78 is 0. The predicted octanol–water partition coefficient (Wildman–Crippen LogP) is 12.1. The molecule has 4 heteroatoms. The molecule has 0 amide bonds. The van der Waals surface area contributed by atoms with Crippen LogP contribution in [0.25, 0.3) is 90.9 Å². The molecule has 11 rings (SSSR count). The van der Waals surface area contributed by atoms with Gasteiger partial charge in [-0.15, -0.1) is 0 Å². The Morgan fingerprint density at radius 3 is 0.981 bits per heavy atom. The quantitative estimate of drug-likeness (QED) is 0.193. The Morgan fingerprint density at radius 1 is 0.352 bits per heavy atom. The minimum Gasteiger partial charge on any atom is -0.354 e. The van der Waals surface area contributed by atoms with Crippen molar-refractivity contribution in [2.24, 2.45) is 0 Å². The summed E-state index contributed by atoms with van der Waals surface area (Å²) in [6.07, 6.45) is 13.3. The molecule has 0 spiro atoms. The van der Waals surface area contributed by atoms with E-state index in [0.29, 0.717) is 0 Å². The van der Waals surface area contributed by atoms with Gasteiger partial charge in [-0.25, -0.2) is 9.97 Å². The Bertz CT molecular complexity index is 2730. The van der Waals surface area contributed by atoms with Gasteiger partial charge in [-0.05, 0) is 133 Å². The van der Waals surface area contributed by atoms with Gasteiger partial charge in [-0.2, -0.15) is 0 Å². The van der Waals surface area contributed by atoms with E-state index >= 15 is 0 Å². The van der Waals surface area contributed by atoms with Gasteiger partial charge in [0.25, 0.3) is 0 Å². The van der Waals surface area contributed by atoms with Crippen LogP contribution in [0.15, 0.2) is 109 Å². The Morgan fingerprint density at radius 2 is 0.667 bits per heavy atom. The molecule has 4 aromatic carbocycles. The summed E-state index contributed by atoms with van der Waals surface area (Å²) in [4.78, 5) is 18.8. The molecule has 2 aliphatic carbocycles. The lowest BCUT2D eigenvalue weighted by atomic mass is 9.86. The van der Waals surface area contributed by atoms with Crippen LogP contribution in [0.5, 0.6) is 0 Å². The third-order valence-electron chi connectivity index (χ3n) is 11.8. The smallest absolute Gasteiger partial charge is 0.0737 e. The largest absolute Gasteiger partial charge is 0.354 e. The molecule has 0 saturated heterocycles. The van der Waals surface area contributed by atoms with E-state index in [0.717, 1.165) is 104 Å². The van der Waals surface area contributed by atoms with Crippen LogP contribution in [-0.4, -0.2) is 19.9 Å². The van der Waals surface area contributed by atoms with Crippen molar-refractivity contribution in [1.29, 1.82) is 0 Å². The Hall–Kier alpha value is -6.52. The molecule has 0 saturated carbocycles. The average Bonchev–Trinajstić information content (AvgIpc) is 3.99. The van der Waals surface area contributed by atoms with Gasteiger partial charge in [0, 0.05) is 44.3 Å². The second-order valence-corrected chi connectivity index (χ2v) is 15.2. The van der Waals surface area contributed by atoms with Crippen LogP contribution in [0.3, 0.4) is 0 Å². The molecule has 258 valence electrons. The van der Waals surface area contributed by atoms with E-state index in [9.17, 15) is 0 Å². The molecular weight excluding hydrogens is 657 g/mol. The number of nitrogens with one attached hydrogen (secondary N) is 2. The first-order valence-electron chi connectivity index (χ1n) is 19.1. The minimum absolute atomic E-state index is 0.936. The van der Waals surface area contributed by atoms with Crippen molar-refractivity contribution in [3.8, 4) is 44.5 Å². The molecule has 0 atom stereocenters. The van der Waals surface area contributed by atoms with Crippen molar-refractivity contribution in [1.82, 2.24) is 19.9 Å². The summed E-state index contributed by atoms with van der Waals surface area (Å²) in [6.45, 7) is 4.27. The third-order valence-corrected chi connectivity index (χ3v) is 11.8. The number of aryl methyl sites for hydroxylation is 6. The second-order valence-electron chi connectivity index (χ2n) is 15.2. The summed E-state index contributed by atoms with van der Waals surface area (Å²) >= 11 is 0. The number of hydrogen-bond donors (Lipinski definition) is 2. The summed E-state index contributed by atoms with van der Waals surface area (Å²) in [7, 11) is 0. The van der Waals surface area contributed by atoms with Crippen LogP contribution in [0.4, 0.5) is 0 Å². The average molecular weight is 695 g/mol. The summed E-state index contributed by atoms with van der Waals surface area (Å²) in [5.41, 5.74) is 25.0. The van der Waals surface area contributed by atoms with Crippen molar-refractivity contribution in [2.45, 2.75) is 39.5 Å². The molecule has 54 heavy (non-hydrogen) atoms. The molecule has 0 fully saturated rings. The van der Waals surface area contributed by atoms with Crippen LogP contribution in [-0.2, 0) is 25.7 Å². The number of H-pyrrole nitrogens is 2. The molecule has 0 radical (unpaired) electrons. The molecule has 7 aromatic rings. The molecule has 3 aromatic heterocycles. The maximum atomic E-state index is 5.48. The van der Waals surface area contributed by atoms with E-state index < -0.39 is 0 Å². The van der Waals surface area contributed by atoms with Crippen LogP contribution >= 0.6 is 0 Å². The lowest BCUT2D eigenvalue weighted by molar-refractivity contribution is 0.840. The van der Waals surface area contributed by atoms with Gasteiger partial charge >= 0.3 is 0 Å². The van der Waals surface area contributed by atoms with Crippen molar-refractivity contribution in [3.05, 3.63) is 165 Å². The first-order valence-corrected chi connectivity index (χ1v) is 19.1. The normalized spacial score (nSPS) is 13.7. The number of rotatable bonds is 4. The van der Waals surface area contributed by atoms with Gasteiger partial charge in [0.05, 0.1) is 22.8 Å². The zero-order valence-electron chi connectivity index (χ0n) is 30.4. The van der Waals surface area contributed by atoms with E-state index in [1.807, 2.05) is 0 Å². The van der Waals surface area contributed by atoms with E-state index in [1.54, 1.807) is 0 Å². The highest BCUT2D eigenvalue weighted by atomic mass is 14.8. The lowest BCUT2D eigenvalue weighted by Gasteiger charge is -2.19. The van der Waals surface area contributed by atoms with Gasteiger partial charge in [0.2, 0.25) is 0 Å². The van der Waals surface area contributed by atoms with Crippen molar-refractivity contribution >= 4 is 46.4 Å². The lowest BCUT2D eigenvalue weighted by Crippen LogP contribution is -2.07. The van der Waals surface area contributed by atoms with Crippen LogP contribution in [0.2, 0.25) is 0 Å². The number of hydrogen-bond acceptors (Lipinski definition) is 2. The molecule has 4 aliphatic rings. The standard InChI is InChI=1S/C50H38N4/c1-29-3-7-33(8-4-29)47-39-19-23-43(51-39)49(37-17-13-31-11-15-35(31)27-37)45-25-21-41(53-45)48(34-9-5-30(2)6-10-34)42-22-26-46(54-42)50(44-24-20-40(47)52-44)38-18-14-32-12-16-36(32)28-38/h3-10,13-14,17-28,51,54H,11-12,15-16H2,1-2H3. The van der Waals surface area contributed by atoms with Crippen molar-refractivity contribution in [3.63, 3.8) is 0 Å². The SMILES string of the molecule is Cc1ccc(-c2c3nc(c(-c4ccc5c(c4)CC5)c4ccc([nH]4)c(-c4ccc(C)cc4)c4nc(c(-c5ccc6c(c5)CC6)c5ccc2[nH]5)C=C4)C=C3)cc1. The minimum atomic E-state index is 0.936. The second kappa shape index (κ2) is 12.0. The molecule has 2 aliphatic heterocycles. The topological polar surface area (TPSA) is 57.4 Å². The van der Waals surface area contributed by atoms with E-state index in [-0.39, 0.29) is 0 Å². The maximum Gasteiger partial charge on any atom is 0.0737 e. The predicted molar refractivity (Wildman–Crippen MR) is 225 cm³/mol. The highest BCUT2D eigenvalue weighted by Gasteiger charge is 2.21. The van der Waals surface area contributed by atoms with Gasteiger partial charge in [0.15, 0.2) is 0 Å². The first kappa shape index (κ1) is 31.0. The fourth-order valence-electron chi connectivity index (χ4n) is 8.56. The van der Waals surface area contributed by atoms with Gasteiger partial charge < -0.3 is 9.97 Å². The number of fused-ring (bicyclic) bond motifs is 10. The fourth-order valence-corrected chi connectivity index (χ4v) is 8.56. The van der Waals surface area contributed by atoms with Crippen LogP contribution < -0.4 is 0 Å². The van der Waals surface area contributed by atoms with E-state index in [4.69, 9.17) is 9.97 Å². The molecular formula is C50H38N4. The van der Waals surface area contributed by atoms with Crippen LogP contribution in [0.1, 0.15) is 56.2 Å². The molecule has 0 unspecified atom stereocenters. The van der Waals surface area contributed by atoms with Crippen molar-refractivity contribution < 1.29 is 0 Å². The van der Waals surface area contributed by atoms with Gasteiger partial charge in [0.1, 0.15) is 0 Å². The fraction of sp³-hybridized carbons (Fsp3) is 0.120. The van der Waals surface area contributed by atoms with Crippen LogP contribution in [0, 0.1) is 13.8 Å². The molecule has 4 nitrogen and oxygen atoms in total. The zero-order valence-corrected chi connectivity index (χ0v) is 30.4. The third kappa shape index (κ3) is 5.05. The Balaban J connectivity index is 1.30. The maximum absolute atomic E-state index is 5.48. The zero-order chi connectivity index (χ0) is 35.9. The summed E-state index contributed by atoms with van der Waals surface area (Å²) in [6, 6.07) is 40.3. The summed E-state index contributed by atoms with van der Waals surface area (Å²) in [5, 5.41) is 0. The number of aromatic nitrogens is 4. The van der Waals surface area contributed by atoms with Gasteiger partial charge in [-0.1, -0.05) is 96.1 Å².